The minimum absolute atomic E-state index is 0.0458. The molecule has 2 atom stereocenters. The molecule has 4 aromatic carbocycles. The van der Waals surface area contributed by atoms with E-state index in [4.69, 9.17) is 11.5 Å². The molecule has 0 saturated heterocycles. The van der Waals surface area contributed by atoms with Gasteiger partial charge >= 0.3 is 0 Å². The molecule has 0 aliphatic rings. The summed E-state index contributed by atoms with van der Waals surface area (Å²) in [5.41, 5.74) is 13.6. The number of carbonyl (C=O) groups is 2. The predicted molar refractivity (Wildman–Crippen MR) is 177 cm³/mol. The minimum Gasteiger partial charge on any atom is -0.399 e. The maximum atomic E-state index is 13.6. The molecule has 0 radical (unpaired) electrons. The Hall–Kier alpha value is -4.78. The number of hydrogen-bond acceptors (Lipinski definition) is 7. The van der Waals surface area contributed by atoms with Crippen LogP contribution in [0.5, 0.6) is 0 Å². The fourth-order valence-electron chi connectivity index (χ4n) is 4.82. The molecular formula is C34H38FN5O5S. The predicted octanol–water partition coefficient (Wildman–Crippen LogP) is 4.29. The molecule has 0 aromatic heterocycles. The summed E-state index contributed by atoms with van der Waals surface area (Å²) in [6, 6.07) is 23.7. The number of anilines is 3. The maximum absolute atomic E-state index is 13.6. The van der Waals surface area contributed by atoms with E-state index in [2.05, 4.69) is 10.6 Å². The van der Waals surface area contributed by atoms with E-state index >= 15 is 0 Å². The van der Waals surface area contributed by atoms with Crippen LogP contribution in [0.15, 0.2) is 102 Å². The van der Waals surface area contributed by atoms with E-state index in [0.717, 1.165) is 11.6 Å². The number of carbonyl (C=O) groups excluding carboxylic acids is 2. The summed E-state index contributed by atoms with van der Waals surface area (Å²) in [7, 11) is -3.99. The Morgan fingerprint density at radius 3 is 2.04 bits per heavy atom. The number of halogens is 1. The van der Waals surface area contributed by atoms with Crippen LogP contribution in [0, 0.1) is 11.7 Å². The van der Waals surface area contributed by atoms with Gasteiger partial charge in [0.05, 0.1) is 28.4 Å². The Labute approximate surface area is 268 Å². The molecule has 7 N–H and O–H groups in total. The van der Waals surface area contributed by atoms with Gasteiger partial charge in [0, 0.05) is 29.9 Å². The second-order valence-corrected chi connectivity index (χ2v) is 13.3. The molecule has 12 heteroatoms. The smallest absolute Gasteiger partial charge is 0.255 e. The largest absolute Gasteiger partial charge is 0.399 e. The van der Waals surface area contributed by atoms with Gasteiger partial charge in [0.1, 0.15) is 5.82 Å². The van der Waals surface area contributed by atoms with Crippen molar-refractivity contribution in [2.75, 3.05) is 29.9 Å². The Balaban J connectivity index is 1.53. The van der Waals surface area contributed by atoms with E-state index in [9.17, 15) is 27.5 Å². The number of amides is 2. The molecule has 0 unspecified atom stereocenters. The van der Waals surface area contributed by atoms with Crippen LogP contribution in [0.1, 0.15) is 40.1 Å². The zero-order chi connectivity index (χ0) is 33.4. The van der Waals surface area contributed by atoms with E-state index in [1.54, 1.807) is 0 Å². The van der Waals surface area contributed by atoms with Gasteiger partial charge in [-0.1, -0.05) is 44.2 Å². The minimum atomic E-state index is -3.99. The number of nitrogens with one attached hydrogen (secondary N) is 2. The van der Waals surface area contributed by atoms with Crippen molar-refractivity contribution in [3.8, 4) is 0 Å². The van der Waals surface area contributed by atoms with Crippen molar-refractivity contribution in [2.24, 2.45) is 5.92 Å². The summed E-state index contributed by atoms with van der Waals surface area (Å²) >= 11 is 0. The third kappa shape index (κ3) is 8.90. The molecule has 0 fully saturated rings. The monoisotopic (exact) mass is 647 g/mol. The van der Waals surface area contributed by atoms with E-state index in [0.29, 0.717) is 5.69 Å². The summed E-state index contributed by atoms with van der Waals surface area (Å²) < 4.78 is 41.8. The molecule has 0 aliphatic heterocycles. The fourth-order valence-corrected chi connectivity index (χ4v) is 6.44. The van der Waals surface area contributed by atoms with Crippen LogP contribution >= 0.6 is 0 Å². The van der Waals surface area contributed by atoms with Crippen LogP contribution < -0.4 is 22.1 Å². The van der Waals surface area contributed by atoms with Gasteiger partial charge in [-0.2, -0.15) is 4.31 Å². The standard InChI is InChI=1S/C34H38FN5O5S/c1-22(2)20-40(46(44,45)28-15-13-27(36)14-16-28)21-32(41)31(18-23-6-4-3-5-7-23)39-34(43)25-10-8-24(9-11-25)33(42)38-30-17-12-26(35)19-29(30)37/h3-17,19,22,31-32,41H,18,20-21,36-37H2,1-2H3,(H,38,42)(H,39,43)/t31-,32+/m0/s1. The molecule has 46 heavy (non-hydrogen) atoms. The Bertz CT molecular complexity index is 1750. The fraction of sp³-hybridized carbons (Fsp3) is 0.235. The Morgan fingerprint density at radius 2 is 1.46 bits per heavy atom. The Morgan fingerprint density at radius 1 is 0.848 bits per heavy atom. The normalized spacial score (nSPS) is 12.9. The highest BCUT2D eigenvalue weighted by atomic mass is 32.2. The lowest BCUT2D eigenvalue weighted by Crippen LogP contribution is -2.51. The first-order valence-corrected chi connectivity index (χ1v) is 16.1. The molecule has 4 aromatic rings. The topological polar surface area (TPSA) is 168 Å². The van der Waals surface area contributed by atoms with Crippen molar-refractivity contribution >= 4 is 38.9 Å². The van der Waals surface area contributed by atoms with Crippen LogP contribution in [0.25, 0.3) is 0 Å². The highest BCUT2D eigenvalue weighted by Gasteiger charge is 2.31. The molecule has 0 heterocycles. The molecule has 0 saturated carbocycles. The highest BCUT2D eigenvalue weighted by Crippen LogP contribution is 2.22. The molecule has 10 nitrogen and oxygen atoms in total. The van der Waals surface area contributed by atoms with Crippen molar-refractivity contribution in [1.82, 2.24) is 9.62 Å². The Kier molecular flexibility index (Phi) is 11.1. The van der Waals surface area contributed by atoms with Crippen molar-refractivity contribution in [1.29, 1.82) is 0 Å². The summed E-state index contributed by atoms with van der Waals surface area (Å²) in [6.07, 6.45) is -1.05. The molecular weight excluding hydrogens is 609 g/mol. The van der Waals surface area contributed by atoms with E-state index in [-0.39, 0.29) is 52.8 Å². The lowest BCUT2D eigenvalue weighted by Gasteiger charge is -2.31. The van der Waals surface area contributed by atoms with E-state index in [1.807, 2.05) is 44.2 Å². The van der Waals surface area contributed by atoms with Crippen LogP contribution in [0.4, 0.5) is 21.5 Å². The zero-order valence-electron chi connectivity index (χ0n) is 25.6. The van der Waals surface area contributed by atoms with Crippen molar-refractivity contribution in [3.05, 3.63) is 120 Å². The highest BCUT2D eigenvalue weighted by molar-refractivity contribution is 7.89. The molecule has 0 spiro atoms. The maximum Gasteiger partial charge on any atom is 0.255 e. The number of nitrogens with two attached hydrogens (primary N) is 2. The molecule has 0 aliphatic carbocycles. The summed E-state index contributed by atoms with van der Waals surface area (Å²) in [5.74, 6) is -1.60. The average Bonchev–Trinajstić information content (AvgIpc) is 3.02. The van der Waals surface area contributed by atoms with Gasteiger partial charge in [0.2, 0.25) is 10.0 Å². The number of rotatable bonds is 13. The summed E-state index contributed by atoms with van der Waals surface area (Å²) in [6.45, 7) is 3.62. The summed E-state index contributed by atoms with van der Waals surface area (Å²) in [4.78, 5) is 26.2. The first kappa shape index (κ1) is 34.1. The quantitative estimate of drug-likeness (QED) is 0.135. The van der Waals surface area contributed by atoms with Gasteiger partial charge in [-0.3, -0.25) is 9.59 Å². The van der Waals surface area contributed by atoms with Crippen molar-refractivity contribution < 1.29 is 27.5 Å². The number of sulfonamides is 1. The molecule has 242 valence electrons. The van der Waals surface area contributed by atoms with Crippen LogP contribution in [-0.4, -0.2) is 54.9 Å². The molecule has 0 bridgehead atoms. The van der Waals surface area contributed by atoms with Gasteiger partial charge < -0.3 is 27.2 Å². The zero-order valence-corrected chi connectivity index (χ0v) is 26.4. The molecule has 4 rings (SSSR count). The molecule has 2 amide bonds. The number of aliphatic hydroxyl groups is 1. The first-order valence-electron chi connectivity index (χ1n) is 14.7. The van der Waals surface area contributed by atoms with Crippen LogP contribution in [0.2, 0.25) is 0 Å². The average molecular weight is 648 g/mol. The SMILES string of the molecule is CC(C)CN(C[C@@H](O)[C@H](Cc1ccccc1)NC(=O)c1ccc(C(=O)Nc2ccc(F)cc2N)cc1)S(=O)(=O)c1ccc(N)cc1. The third-order valence-electron chi connectivity index (χ3n) is 7.23. The second kappa shape index (κ2) is 15.0. The van der Waals surface area contributed by atoms with Gasteiger partial charge in [-0.15, -0.1) is 0 Å². The van der Waals surface area contributed by atoms with Gasteiger partial charge in [0.25, 0.3) is 11.8 Å². The lowest BCUT2D eigenvalue weighted by atomic mass is 10.00. The lowest BCUT2D eigenvalue weighted by molar-refractivity contribution is 0.0775. The first-order chi connectivity index (χ1) is 21.8. The van der Waals surface area contributed by atoms with Crippen molar-refractivity contribution in [3.63, 3.8) is 0 Å². The second-order valence-electron chi connectivity index (χ2n) is 11.4. The summed E-state index contributed by atoms with van der Waals surface area (Å²) in [5, 5.41) is 16.9. The number of hydrogen-bond donors (Lipinski definition) is 5. The van der Waals surface area contributed by atoms with E-state index in [1.165, 1.54) is 65.0 Å². The van der Waals surface area contributed by atoms with Crippen LogP contribution in [0.3, 0.4) is 0 Å². The van der Waals surface area contributed by atoms with Crippen LogP contribution in [-0.2, 0) is 16.4 Å². The van der Waals surface area contributed by atoms with Gasteiger partial charge in [-0.25, -0.2) is 12.8 Å². The number of nitrogen functional groups attached to an aromatic ring is 2. The van der Waals surface area contributed by atoms with Crippen molar-refractivity contribution in [2.45, 2.75) is 37.3 Å². The number of nitrogens with zero attached hydrogens (tertiary/aromatic N) is 1. The van der Waals surface area contributed by atoms with E-state index < -0.39 is 39.8 Å². The van der Waals surface area contributed by atoms with Gasteiger partial charge in [0.15, 0.2) is 0 Å². The third-order valence-corrected chi connectivity index (χ3v) is 9.07. The number of benzene rings is 4. The van der Waals surface area contributed by atoms with Gasteiger partial charge in [-0.05, 0) is 84.6 Å². The number of aliphatic hydroxyl groups excluding tert-OH is 1.